The summed E-state index contributed by atoms with van der Waals surface area (Å²) in [6.45, 7) is 3.14. The van der Waals surface area contributed by atoms with Crippen LogP contribution in [0.1, 0.15) is 30.0 Å². The van der Waals surface area contributed by atoms with E-state index in [2.05, 4.69) is 11.8 Å². The Bertz CT molecular complexity index is 553. The van der Waals surface area contributed by atoms with Crippen molar-refractivity contribution in [1.29, 1.82) is 0 Å². The molecule has 2 N–H and O–H groups in total. The van der Waals surface area contributed by atoms with Gasteiger partial charge in [-0.05, 0) is 36.9 Å². The fourth-order valence-electron chi connectivity index (χ4n) is 2.31. The van der Waals surface area contributed by atoms with Crippen LogP contribution >= 0.6 is 0 Å². The van der Waals surface area contributed by atoms with Gasteiger partial charge in [-0.15, -0.1) is 0 Å². The predicted octanol–water partition coefficient (Wildman–Crippen LogP) is 3.11. The number of hydrogen-bond donors (Lipinski definition) is 1. The number of likely N-dealkylation sites (N-methyl/N-ethyl adjacent to an activating group) is 1. The fraction of sp³-hybridized carbons (Fsp3) is 0.375. The van der Waals surface area contributed by atoms with Crippen LogP contribution in [0.4, 0.5) is 4.39 Å². The van der Waals surface area contributed by atoms with Gasteiger partial charge in [-0.2, -0.15) is 0 Å². The first-order valence-corrected chi connectivity index (χ1v) is 6.87. The van der Waals surface area contributed by atoms with E-state index in [-0.39, 0.29) is 11.9 Å². The van der Waals surface area contributed by atoms with Crippen molar-refractivity contribution < 1.29 is 8.81 Å². The number of nitrogens with zero attached hydrogens (tertiary/aromatic N) is 1. The molecular formula is C16H21FN2O. The molecule has 2 rings (SSSR count). The third-order valence-electron chi connectivity index (χ3n) is 3.44. The van der Waals surface area contributed by atoms with Crippen LogP contribution < -0.4 is 5.73 Å². The van der Waals surface area contributed by atoms with Gasteiger partial charge in [0.1, 0.15) is 17.3 Å². The van der Waals surface area contributed by atoms with E-state index in [1.54, 1.807) is 12.1 Å². The zero-order valence-electron chi connectivity index (χ0n) is 12.0. The first-order chi connectivity index (χ1) is 9.63. The van der Waals surface area contributed by atoms with Gasteiger partial charge in [0.05, 0.1) is 6.04 Å². The zero-order valence-corrected chi connectivity index (χ0v) is 12.0. The van der Waals surface area contributed by atoms with Crippen molar-refractivity contribution in [1.82, 2.24) is 4.90 Å². The molecule has 1 atom stereocenters. The fourth-order valence-corrected chi connectivity index (χ4v) is 2.31. The van der Waals surface area contributed by atoms with Crippen molar-refractivity contribution in [2.75, 3.05) is 13.6 Å². The topological polar surface area (TPSA) is 42.4 Å². The van der Waals surface area contributed by atoms with Gasteiger partial charge in [0.25, 0.3) is 0 Å². The highest BCUT2D eigenvalue weighted by Gasteiger charge is 2.19. The van der Waals surface area contributed by atoms with Gasteiger partial charge in [0.15, 0.2) is 0 Å². The number of furan rings is 1. The molecular weight excluding hydrogens is 255 g/mol. The molecule has 0 bridgehead atoms. The molecule has 0 aliphatic heterocycles. The van der Waals surface area contributed by atoms with Crippen LogP contribution in [0, 0.1) is 5.82 Å². The van der Waals surface area contributed by atoms with Gasteiger partial charge in [-0.3, -0.25) is 4.90 Å². The van der Waals surface area contributed by atoms with Crippen LogP contribution in [-0.4, -0.2) is 18.5 Å². The Morgan fingerprint density at radius 1 is 1.30 bits per heavy atom. The lowest BCUT2D eigenvalue weighted by Crippen LogP contribution is -2.29. The third kappa shape index (κ3) is 3.46. The second-order valence-electron chi connectivity index (χ2n) is 4.95. The van der Waals surface area contributed by atoms with E-state index >= 15 is 0 Å². The highest BCUT2D eigenvalue weighted by atomic mass is 19.1. The van der Waals surface area contributed by atoms with Gasteiger partial charge < -0.3 is 10.2 Å². The van der Waals surface area contributed by atoms with E-state index < -0.39 is 0 Å². The third-order valence-corrected chi connectivity index (χ3v) is 3.44. The molecule has 0 amide bonds. The maximum atomic E-state index is 13.2. The van der Waals surface area contributed by atoms with Gasteiger partial charge in [-0.1, -0.05) is 19.1 Å². The number of benzene rings is 1. The van der Waals surface area contributed by atoms with Gasteiger partial charge in [0, 0.05) is 19.5 Å². The van der Waals surface area contributed by atoms with Crippen LogP contribution in [0.2, 0.25) is 0 Å². The molecule has 4 heteroatoms. The maximum Gasteiger partial charge on any atom is 0.123 e. The molecule has 20 heavy (non-hydrogen) atoms. The summed E-state index contributed by atoms with van der Waals surface area (Å²) in [7, 11) is 1.97. The summed E-state index contributed by atoms with van der Waals surface area (Å²) in [5, 5.41) is 0. The SMILES string of the molecule is CCc1ccc(C(CN)N(C)Cc2cccc(F)c2)o1. The quantitative estimate of drug-likeness (QED) is 0.881. The molecule has 1 heterocycles. The Hall–Kier alpha value is -1.65. The first-order valence-electron chi connectivity index (χ1n) is 6.87. The summed E-state index contributed by atoms with van der Waals surface area (Å²) in [5.41, 5.74) is 6.79. The van der Waals surface area contributed by atoms with E-state index in [0.717, 1.165) is 23.5 Å². The zero-order chi connectivity index (χ0) is 14.5. The van der Waals surface area contributed by atoms with Crippen LogP contribution in [-0.2, 0) is 13.0 Å². The molecule has 0 fully saturated rings. The summed E-state index contributed by atoms with van der Waals surface area (Å²) in [6, 6.07) is 10.6. The Morgan fingerprint density at radius 3 is 2.70 bits per heavy atom. The highest BCUT2D eigenvalue weighted by Crippen LogP contribution is 2.23. The number of rotatable bonds is 6. The second kappa shape index (κ2) is 6.68. The molecule has 0 aliphatic carbocycles. The minimum Gasteiger partial charge on any atom is -0.464 e. The van der Waals surface area contributed by atoms with E-state index in [1.165, 1.54) is 6.07 Å². The molecule has 1 aromatic heterocycles. The summed E-state index contributed by atoms with van der Waals surface area (Å²) in [4.78, 5) is 2.08. The van der Waals surface area contributed by atoms with Crippen molar-refractivity contribution in [3.8, 4) is 0 Å². The summed E-state index contributed by atoms with van der Waals surface area (Å²) in [6.07, 6.45) is 0.866. The Morgan fingerprint density at radius 2 is 2.10 bits per heavy atom. The van der Waals surface area contributed by atoms with Crippen molar-refractivity contribution in [2.45, 2.75) is 25.9 Å². The van der Waals surface area contributed by atoms with Crippen molar-refractivity contribution in [3.05, 3.63) is 59.3 Å². The minimum absolute atomic E-state index is 0.00133. The molecule has 0 saturated carbocycles. The van der Waals surface area contributed by atoms with E-state index in [0.29, 0.717) is 13.1 Å². The van der Waals surface area contributed by atoms with Crippen molar-refractivity contribution >= 4 is 0 Å². The van der Waals surface area contributed by atoms with Crippen LogP contribution in [0.5, 0.6) is 0 Å². The van der Waals surface area contributed by atoms with Crippen molar-refractivity contribution in [2.24, 2.45) is 5.73 Å². The molecule has 0 saturated heterocycles. The number of aryl methyl sites for hydroxylation is 1. The average molecular weight is 276 g/mol. The number of hydrogen-bond acceptors (Lipinski definition) is 3. The molecule has 1 aromatic carbocycles. The molecule has 0 aliphatic rings. The summed E-state index contributed by atoms with van der Waals surface area (Å²) >= 11 is 0. The highest BCUT2D eigenvalue weighted by molar-refractivity contribution is 5.17. The average Bonchev–Trinajstić information content (AvgIpc) is 2.88. The van der Waals surface area contributed by atoms with Crippen LogP contribution in [0.3, 0.4) is 0 Å². The van der Waals surface area contributed by atoms with Crippen LogP contribution in [0.15, 0.2) is 40.8 Å². The summed E-state index contributed by atoms with van der Waals surface area (Å²) < 4.78 is 19.0. The Kier molecular flexibility index (Phi) is 4.93. The lowest BCUT2D eigenvalue weighted by Gasteiger charge is -2.25. The smallest absolute Gasteiger partial charge is 0.123 e. The minimum atomic E-state index is -0.216. The van der Waals surface area contributed by atoms with E-state index in [9.17, 15) is 4.39 Å². The predicted molar refractivity (Wildman–Crippen MR) is 77.7 cm³/mol. The van der Waals surface area contributed by atoms with Gasteiger partial charge in [0.2, 0.25) is 0 Å². The van der Waals surface area contributed by atoms with Crippen molar-refractivity contribution in [3.63, 3.8) is 0 Å². The molecule has 1 unspecified atom stereocenters. The van der Waals surface area contributed by atoms with E-state index in [1.807, 2.05) is 25.2 Å². The lowest BCUT2D eigenvalue weighted by molar-refractivity contribution is 0.210. The van der Waals surface area contributed by atoms with Gasteiger partial charge in [-0.25, -0.2) is 4.39 Å². The van der Waals surface area contributed by atoms with E-state index in [4.69, 9.17) is 10.2 Å². The van der Waals surface area contributed by atoms with Gasteiger partial charge >= 0.3 is 0 Å². The molecule has 108 valence electrons. The largest absolute Gasteiger partial charge is 0.464 e. The maximum absolute atomic E-state index is 13.2. The lowest BCUT2D eigenvalue weighted by atomic mass is 10.1. The summed E-state index contributed by atoms with van der Waals surface area (Å²) in [5.74, 6) is 1.60. The molecule has 3 nitrogen and oxygen atoms in total. The molecule has 0 spiro atoms. The van der Waals surface area contributed by atoms with Crippen LogP contribution in [0.25, 0.3) is 0 Å². The number of halogens is 1. The Labute approximate surface area is 119 Å². The molecule has 0 radical (unpaired) electrons. The standard InChI is InChI=1S/C16H21FN2O/c1-3-14-7-8-16(20-14)15(10-18)19(2)11-12-5-4-6-13(17)9-12/h4-9,15H,3,10-11,18H2,1-2H3. The first kappa shape index (κ1) is 14.8. The Balaban J connectivity index is 2.10. The number of nitrogens with two attached hydrogens (primary N) is 1. The molecule has 2 aromatic rings. The normalized spacial score (nSPS) is 12.8. The second-order valence-corrected chi connectivity index (χ2v) is 4.95. The monoisotopic (exact) mass is 276 g/mol.